The lowest BCUT2D eigenvalue weighted by Gasteiger charge is -2.33. The first-order valence-corrected chi connectivity index (χ1v) is 12.2. The van der Waals surface area contributed by atoms with E-state index >= 15 is 0 Å². The fraction of sp³-hybridized carbons (Fsp3) is 0.385. The molecule has 4 rings (SSSR count). The third-order valence-corrected chi connectivity index (χ3v) is 7.08. The van der Waals surface area contributed by atoms with Crippen molar-refractivity contribution < 1.29 is 9.59 Å². The lowest BCUT2D eigenvalue weighted by molar-refractivity contribution is -0.127. The van der Waals surface area contributed by atoms with Gasteiger partial charge in [0.1, 0.15) is 0 Å². The molecule has 2 heterocycles. The van der Waals surface area contributed by atoms with Crippen LogP contribution in [0.1, 0.15) is 54.3 Å². The first kappa shape index (κ1) is 22.3. The van der Waals surface area contributed by atoms with Gasteiger partial charge < -0.3 is 9.88 Å². The van der Waals surface area contributed by atoms with Crippen LogP contribution in [0.2, 0.25) is 0 Å². The first-order valence-electron chi connectivity index (χ1n) is 11.4. The number of carbonyl (C=O) groups excluding carboxylic acids is 2. The van der Waals surface area contributed by atoms with Crippen molar-refractivity contribution in [1.29, 1.82) is 0 Å². The maximum Gasteiger partial charge on any atom is 0.249 e. The lowest BCUT2D eigenvalue weighted by Crippen LogP contribution is -2.48. The van der Waals surface area contributed by atoms with E-state index in [0.717, 1.165) is 47.5 Å². The number of thiophene rings is 1. The van der Waals surface area contributed by atoms with E-state index in [4.69, 9.17) is 0 Å². The summed E-state index contributed by atoms with van der Waals surface area (Å²) in [6.45, 7) is 2.02. The monoisotopic (exact) mass is 449 g/mol. The van der Waals surface area contributed by atoms with Crippen molar-refractivity contribution in [1.82, 2.24) is 9.88 Å². The summed E-state index contributed by atoms with van der Waals surface area (Å²) in [6.07, 6.45) is 7.69. The summed E-state index contributed by atoms with van der Waals surface area (Å²) >= 11 is 1.56. The molecule has 0 radical (unpaired) electrons. The van der Waals surface area contributed by atoms with Gasteiger partial charge in [-0.15, -0.1) is 11.3 Å². The van der Waals surface area contributed by atoms with E-state index in [1.54, 1.807) is 16.2 Å². The Balaban J connectivity index is 1.72. The molecular weight excluding hydrogens is 418 g/mol. The third-order valence-electron chi connectivity index (χ3n) is 6.21. The van der Waals surface area contributed by atoms with Gasteiger partial charge in [0.05, 0.1) is 12.1 Å². The van der Waals surface area contributed by atoms with Gasteiger partial charge in [0.15, 0.2) is 6.04 Å². The Kier molecular flexibility index (Phi) is 7.10. The van der Waals surface area contributed by atoms with Crippen molar-refractivity contribution in [2.75, 3.05) is 4.90 Å². The summed E-state index contributed by atoms with van der Waals surface area (Å²) in [5.74, 6) is -0.194. The lowest BCUT2D eigenvalue weighted by atomic mass is 9.95. The highest BCUT2D eigenvalue weighted by atomic mass is 32.1. The first-order chi connectivity index (χ1) is 15.5. The number of hydrogen-bond acceptors (Lipinski definition) is 3. The molecule has 2 aromatic heterocycles. The van der Waals surface area contributed by atoms with Crippen molar-refractivity contribution in [2.24, 2.45) is 7.05 Å². The standard InChI is InChI=1S/C26H31N3O2S/c1-19-12-14-21(15-13-19)29(24(30)18-22-10-7-17-32-22)25(23-11-6-16-28(23)2)26(31)27-20-8-4-3-5-9-20/h6-7,10-17,20,25H,3-5,8-9,18H2,1-2H3,(H,27,31)/t25-/m1/s1. The average molecular weight is 450 g/mol. The number of rotatable bonds is 7. The number of anilines is 1. The molecule has 1 atom stereocenters. The Morgan fingerprint density at radius 1 is 1.09 bits per heavy atom. The van der Waals surface area contributed by atoms with E-state index < -0.39 is 6.04 Å². The van der Waals surface area contributed by atoms with Crippen LogP contribution < -0.4 is 10.2 Å². The minimum atomic E-state index is -0.730. The van der Waals surface area contributed by atoms with Gasteiger partial charge in [-0.25, -0.2) is 0 Å². The van der Waals surface area contributed by atoms with Crippen molar-refractivity contribution in [3.05, 3.63) is 76.2 Å². The third kappa shape index (κ3) is 5.13. The molecule has 1 N–H and O–H groups in total. The summed E-state index contributed by atoms with van der Waals surface area (Å²) in [5, 5.41) is 5.24. The van der Waals surface area contributed by atoms with Crippen LogP contribution in [0.15, 0.2) is 60.1 Å². The minimum absolute atomic E-state index is 0.0821. The fourth-order valence-electron chi connectivity index (χ4n) is 4.46. The maximum absolute atomic E-state index is 13.7. The molecule has 168 valence electrons. The van der Waals surface area contributed by atoms with Crippen LogP contribution in [0.4, 0.5) is 5.69 Å². The number of carbonyl (C=O) groups is 2. The quantitative estimate of drug-likeness (QED) is 0.542. The van der Waals surface area contributed by atoms with Crippen LogP contribution in [0, 0.1) is 6.92 Å². The summed E-state index contributed by atoms with van der Waals surface area (Å²) in [7, 11) is 1.92. The topological polar surface area (TPSA) is 54.3 Å². The zero-order valence-corrected chi connectivity index (χ0v) is 19.6. The van der Waals surface area contributed by atoms with Gasteiger partial charge >= 0.3 is 0 Å². The van der Waals surface area contributed by atoms with Crippen LogP contribution in [-0.4, -0.2) is 22.4 Å². The largest absolute Gasteiger partial charge is 0.352 e. The molecule has 0 aliphatic heterocycles. The fourth-order valence-corrected chi connectivity index (χ4v) is 5.15. The van der Waals surface area contributed by atoms with Gasteiger partial charge in [-0.2, -0.15) is 0 Å². The molecule has 3 aromatic rings. The smallest absolute Gasteiger partial charge is 0.249 e. The SMILES string of the molecule is Cc1ccc(N(C(=O)Cc2cccs2)[C@@H](C(=O)NC2CCCCC2)c2cccn2C)cc1. The van der Waals surface area contributed by atoms with Crippen LogP contribution in [-0.2, 0) is 23.1 Å². The Morgan fingerprint density at radius 2 is 1.84 bits per heavy atom. The summed E-state index contributed by atoms with van der Waals surface area (Å²) in [4.78, 5) is 30.1. The molecule has 32 heavy (non-hydrogen) atoms. The second kappa shape index (κ2) is 10.2. The molecule has 0 saturated heterocycles. The van der Waals surface area contributed by atoms with Gasteiger partial charge in [-0.1, -0.05) is 43.0 Å². The highest BCUT2D eigenvalue weighted by Crippen LogP contribution is 2.30. The number of amides is 2. The van der Waals surface area contributed by atoms with E-state index in [2.05, 4.69) is 5.32 Å². The predicted octanol–water partition coefficient (Wildman–Crippen LogP) is 5.16. The van der Waals surface area contributed by atoms with Gasteiger partial charge in [0, 0.05) is 29.9 Å². The van der Waals surface area contributed by atoms with Crippen molar-refractivity contribution in [3.63, 3.8) is 0 Å². The van der Waals surface area contributed by atoms with Crippen LogP contribution in [0.3, 0.4) is 0 Å². The van der Waals surface area contributed by atoms with Crippen molar-refractivity contribution in [2.45, 2.75) is 57.5 Å². The molecule has 1 aromatic carbocycles. The second-order valence-corrected chi connectivity index (χ2v) is 9.68. The van der Waals surface area contributed by atoms with Crippen molar-refractivity contribution >= 4 is 28.8 Å². The van der Waals surface area contributed by atoms with E-state index in [1.165, 1.54) is 6.42 Å². The number of aryl methyl sites for hydroxylation is 2. The highest BCUT2D eigenvalue weighted by molar-refractivity contribution is 7.10. The number of nitrogens with one attached hydrogen (secondary N) is 1. The predicted molar refractivity (Wildman–Crippen MR) is 130 cm³/mol. The van der Waals surface area contributed by atoms with Crippen LogP contribution in [0.5, 0.6) is 0 Å². The Morgan fingerprint density at radius 3 is 2.47 bits per heavy atom. The molecule has 1 aliphatic carbocycles. The molecule has 0 bridgehead atoms. The Labute approximate surface area is 194 Å². The molecule has 1 saturated carbocycles. The Bertz CT molecular complexity index is 1030. The maximum atomic E-state index is 13.7. The van der Waals surface area contributed by atoms with Gasteiger partial charge in [-0.3, -0.25) is 14.5 Å². The van der Waals surface area contributed by atoms with E-state index in [1.807, 2.05) is 78.6 Å². The molecule has 2 amide bonds. The van der Waals surface area contributed by atoms with E-state index in [0.29, 0.717) is 0 Å². The molecular formula is C26H31N3O2S. The summed E-state index contributed by atoms with van der Waals surface area (Å²) in [5.41, 5.74) is 2.65. The normalized spacial score (nSPS) is 15.3. The Hall–Kier alpha value is -2.86. The number of hydrogen-bond donors (Lipinski definition) is 1. The van der Waals surface area contributed by atoms with E-state index in [9.17, 15) is 9.59 Å². The number of benzene rings is 1. The molecule has 0 unspecified atom stereocenters. The molecule has 1 fully saturated rings. The van der Waals surface area contributed by atoms with Gasteiger partial charge in [0.2, 0.25) is 11.8 Å². The zero-order chi connectivity index (χ0) is 22.5. The van der Waals surface area contributed by atoms with Gasteiger partial charge in [-0.05, 0) is 55.5 Å². The van der Waals surface area contributed by atoms with Crippen LogP contribution >= 0.6 is 11.3 Å². The minimum Gasteiger partial charge on any atom is -0.352 e. The van der Waals surface area contributed by atoms with Crippen molar-refractivity contribution in [3.8, 4) is 0 Å². The average Bonchev–Trinajstić information content (AvgIpc) is 3.45. The second-order valence-electron chi connectivity index (χ2n) is 8.65. The summed E-state index contributed by atoms with van der Waals surface area (Å²) < 4.78 is 1.94. The summed E-state index contributed by atoms with van der Waals surface area (Å²) in [6, 6.07) is 15.1. The molecule has 6 heteroatoms. The van der Waals surface area contributed by atoms with E-state index in [-0.39, 0.29) is 24.3 Å². The van der Waals surface area contributed by atoms with Crippen LogP contribution in [0.25, 0.3) is 0 Å². The number of aromatic nitrogens is 1. The van der Waals surface area contributed by atoms with Gasteiger partial charge in [0.25, 0.3) is 0 Å². The molecule has 1 aliphatic rings. The molecule has 5 nitrogen and oxygen atoms in total. The molecule has 0 spiro atoms. The number of nitrogens with zero attached hydrogens (tertiary/aromatic N) is 2. The zero-order valence-electron chi connectivity index (χ0n) is 18.8. The highest BCUT2D eigenvalue weighted by Gasteiger charge is 2.35.